The predicted molar refractivity (Wildman–Crippen MR) is 111 cm³/mol. The van der Waals surface area contributed by atoms with Crippen LogP contribution in [0.2, 0.25) is 0 Å². The average Bonchev–Trinajstić information content (AvgIpc) is 2.68. The lowest BCUT2D eigenvalue weighted by atomic mass is 10.2. The Bertz CT molecular complexity index is 967. The predicted octanol–water partition coefficient (Wildman–Crippen LogP) is 3.09. The first kappa shape index (κ1) is 25.2. The number of carbonyl (C=O) groups is 1. The molecule has 0 radical (unpaired) electrons. The fourth-order valence-electron chi connectivity index (χ4n) is 2.70. The van der Waals surface area contributed by atoms with Gasteiger partial charge in [-0.3, -0.25) is 4.79 Å². The minimum Gasteiger partial charge on any atom is -0.497 e. The lowest BCUT2D eigenvalue weighted by Crippen LogP contribution is -2.32. The first-order valence-corrected chi connectivity index (χ1v) is 9.74. The molecule has 0 bridgehead atoms. The van der Waals surface area contributed by atoms with Crippen LogP contribution in [0.4, 0.5) is 18.9 Å². The van der Waals surface area contributed by atoms with E-state index < -0.39 is 34.6 Å². The first-order chi connectivity index (χ1) is 14.9. The molecule has 2 aromatic rings. The second-order valence-corrected chi connectivity index (χ2v) is 7.81. The van der Waals surface area contributed by atoms with Crippen LogP contribution < -0.4 is 15.6 Å². The smallest absolute Gasteiger partial charge is 0.423 e. The van der Waals surface area contributed by atoms with E-state index in [0.29, 0.717) is 11.3 Å². The number of methoxy groups -OCH3 is 1. The summed E-state index contributed by atoms with van der Waals surface area (Å²) in [5, 5.41) is 6.35. The molecule has 0 saturated carbocycles. The molecule has 176 valence electrons. The van der Waals surface area contributed by atoms with Crippen LogP contribution in [0.5, 0.6) is 5.75 Å². The summed E-state index contributed by atoms with van der Waals surface area (Å²) in [5.41, 5.74) is -3.16. The number of nitrogens with one attached hydrogen (secondary N) is 1. The second-order valence-electron chi connectivity index (χ2n) is 7.81. The van der Waals surface area contributed by atoms with Gasteiger partial charge in [-0.2, -0.15) is 18.3 Å². The quantitative estimate of drug-likeness (QED) is 0.457. The molecule has 0 amide bonds. The van der Waals surface area contributed by atoms with Gasteiger partial charge in [-0.05, 0) is 38.5 Å². The average molecular weight is 457 g/mol. The normalized spacial score (nSPS) is 11.8. The zero-order valence-corrected chi connectivity index (χ0v) is 18.3. The molecule has 0 aliphatic rings. The molecule has 0 aliphatic carbocycles. The third kappa shape index (κ3) is 7.56. The van der Waals surface area contributed by atoms with Crippen LogP contribution in [0.15, 0.2) is 35.3 Å². The van der Waals surface area contributed by atoms with Gasteiger partial charge in [0, 0.05) is 6.54 Å². The molecule has 1 N–H and O–H groups in total. The van der Waals surface area contributed by atoms with Gasteiger partial charge in [0.05, 0.1) is 32.1 Å². The van der Waals surface area contributed by atoms with Crippen molar-refractivity contribution < 1.29 is 32.2 Å². The molecular formula is C21H26F3N3O5. The largest absolute Gasteiger partial charge is 0.497 e. The highest BCUT2D eigenvalue weighted by atomic mass is 19.4. The van der Waals surface area contributed by atoms with Crippen LogP contribution in [0.1, 0.15) is 31.9 Å². The van der Waals surface area contributed by atoms with E-state index in [1.807, 2.05) is 0 Å². The van der Waals surface area contributed by atoms with E-state index in [4.69, 9.17) is 14.2 Å². The molecule has 0 fully saturated rings. The number of esters is 1. The zero-order chi connectivity index (χ0) is 23.9. The maximum atomic E-state index is 13.6. The molecule has 11 heteroatoms. The molecule has 8 nitrogen and oxygen atoms in total. The highest BCUT2D eigenvalue weighted by Crippen LogP contribution is 2.31. The van der Waals surface area contributed by atoms with Crippen molar-refractivity contribution in [2.45, 2.75) is 39.1 Å². The van der Waals surface area contributed by atoms with Gasteiger partial charge in [0.15, 0.2) is 0 Å². The van der Waals surface area contributed by atoms with Crippen molar-refractivity contribution in [2.24, 2.45) is 0 Å². The summed E-state index contributed by atoms with van der Waals surface area (Å²) in [6.45, 7) is 4.48. The molecule has 1 aromatic heterocycles. The van der Waals surface area contributed by atoms with Crippen molar-refractivity contribution in [1.29, 1.82) is 0 Å². The van der Waals surface area contributed by atoms with Crippen LogP contribution in [-0.2, 0) is 27.0 Å². The van der Waals surface area contributed by atoms with Gasteiger partial charge >= 0.3 is 12.1 Å². The van der Waals surface area contributed by atoms with Crippen LogP contribution >= 0.6 is 0 Å². The minimum absolute atomic E-state index is 0.0739. The Balaban J connectivity index is 2.05. The van der Waals surface area contributed by atoms with Crippen molar-refractivity contribution in [3.63, 3.8) is 0 Å². The Labute approximate surface area is 183 Å². The number of halogens is 3. The Kier molecular flexibility index (Phi) is 8.25. The monoisotopic (exact) mass is 457 g/mol. The number of hydrogen-bond acceptors (Lipinski definition) is 7. The minimum atomic E-state index is -4.89. The zero-order valence-electron chi connectivity index (χ0n) is 18.3. The molecular weight excluding hydrogens is 431 g/mol. The maximum absolute atomic E-state index is 13.6. The van der Waals surface area contributed by atoms with E-state index >= 15 is 0 Å². The lowest BCUT2D eigenvalue weighted by molar-refractivity contribution is -0.160. The van der Waals surface area contributed by atoms with Crippen LogP contribution in [-0.4, -0.2) is 48.2 Å². The Hall–Kier alpha value is -3.08. The highest BCUT2D eigenvalue weighted by molar-refractivity contribution is 5.71. The van der Waals surface area contributed by atoms with E-state index in [1.165, 1.54) is 7.11 Å². The number of nitrogens with zero attached hydrogens (tertiary/aromatic N) is 2. The Morgan fingerprint density at radius 2 is 1.81 bits per heavy atom. The van der Waals surface area contributed by atoms with Crippen molar-refractivity contribution in [2.75, 3.05) is 32.2 Å². The maximum Gasteiger partial charge on any atom is 0.423 e. The Morgan fingerprint density at radius 1 is 1.16 bits per heavy atom. The van der Waals surface area contributed by atoms with Gasteiger partial charge in [-0.15, -0.1) is 0 Å². The SMILES string of the molecule is COc1ccc(Cn2ncc(NCCOCC(=O)OC(C)(C)C)c(C(F)(F)F)c2=O)cc1. The van der Waals surface area contributed by atoms with E-state index in [2.05, 4.69) is 10.4 Å². The summed E-state index contributed by atoms with van der Waals surface area (Å²) in [7, 11) is 1.49. The number of rotatable bonds is 9. The molecule has 1 aromatic carbocycles. The summed E-state index contributed by atoms with van der Waals surface area (Å²) < 4.78 is 56.7. The van der Waals surface area contributed by atoms with Crippen molar-refractivity contribution in [3.8, 4) is 5.75 Å². The van der Waals surface area contributed by atoms with Gasteiger partial charge in [0.25, 0.3) is 5.56 Å². The molecule has 0 spiro atoms. The highest BCUT2D eigenvalue weighted by Gasteiger charge is 2.38. The number of ether oxygens (including phenoxy) is 3. The van der Waals surface area contributed by atoms with Gasteiger partial charge in [-0.25, -0.2) is 9.48 Å². The van der Waals surface area contributed by atoms with Crippen LogP contribution in [0.25, 0.3) is 0 Å². The standard InChI is InChI=1S/C21H26F3N3O5/c1-20(2,3)32-17(28)13-31-10-9-25-16-11-26-27(19(29)18(16)21(22,23)24)12-14-5-7-15(30-4)8-6-14/h5-8,11,25H,9-10,12-13H2,1-4H3. The summed E-state index contributed by atoms with van der Waals surface area (Å²) in [6.07, 6.45) is -3.94. The molecule has 0 saturated heterocycles. The van der Waals surface area contributed by atoms with E-state index in [0.717, 1.165) is 10.9 Å². The number of anilines is 1. The van der Waals surface area contributed by atoms with Crippen molar-refractivity contribution in [3.05, 3.63) is 51.9 Å². The lowest BCUT2D eigenvalue weighted by Gasteiger charge is -2.19. The molecule has 1 heterocycles. The van der Waals surface area contributed by atoms with Crippen molar-refractivity contribution in [1.82, 2.24) is 9.78 Å². The van der Waals surface area contributed by atoms with E-state index in [-0.39, 0.29) is 26.3 Å². The van der Waals surface area contributed by atoms with Gasteiger partial charge < -0.3 is 19.5 Å². The first-order valence-electron chi connectivity index (χ1n) is 9.74. The fraction of sp³-hybridized carbons (Fsp3) is 0.476. The van der Waals surface area contributed by atoms with E-state index in [1.54, 1.807) is 45.0 Å². The number of aromatic nitrogens is 2. The Morgan fingerprint density at radius 3 is 2.38 bits per heavy atom. The molecule has 0 atom stereocenters. The van der Waals surface area contributed by atoms with Gasteiger partial charge in [0.2, 0.25) is 0 Å². The van der Waals surface area contributed by atoms with Crippen LogP contribution in [0, 0.1) is 0 Å². The molecule has 2 rings (SSSR count). The molecule has 0 unspecified atom stereocenters. The van der Waals surface area contributed by atoms with Crippen LogP contribution in [0.3, 0.4) is 0 Å². The van der Waals surface area contributed by atoms with E-state index in [9.17, 15) is 22.8 Å². The third-order valence-corrected chi connectivity index (χ3v) is 4.02. The topological polar surface area (TPSA) is 91.7 Å². The summed E-state index contributed by atoms with van der Waals surface area (Å²) in [6, 6.07) is 6.54. The second kappa shape index (κ2) is 10.5. The van der Waals surface area contributed by atoms with Gasteiger partial charge in [-0.1, -0.05) is 12.1 Å². The summed E-state index contributed by atoms with van der Waals surface area (Å²) in [5.74, 6) is -0.00486. The number of carbonyl (C=O) groups excluding carboxylic acids is 1. The van der Waals surface area contributed by atoms with Crippen molar-refractivity contribution >= 4 is 11.7 Å². The number of benzene rings is 1. The molecule has 32 heavy (non-hydrogen) atoms. The van der Waals surface area contributed by atoms with Gasteiger partial charge in [0.1, 0.15) is 23.5 Å². The number of alkyl halides is 3. The third-order valence-electron chi connectivity index (χ3n) is 4.02. The fourth-order valence-corrected chi connectivity index (χ4v) is 2.70. The number of hydrogen-bond donors (Lipinski definition) is 1. The summed E-state index contributed by atoms with van der Waals surface area (Å²) in [4.78, 5) is 24.1. The molecule has 0 aliphatic heterocycles. The summed E-state index contributed by atoms with van der Waals surface area (Å²) >= 11 is 0.